The van der Waals surface area contributed by atoms with Crippen LogP contribution in [0.1, 0.15) is 11.1 Å². The van der Waals surface area contributed by atoms with Gasteiger partial charge in [0.05, 0.1) is 0 Å². The first-order chi connectivity index (χ1) is 10.6. The van der Waals surface area contributed by atoms with Gasteiger partial charge in [0.15, 0.2) is 12.3 Å². The molecule has 112 valence electrons. The molecule has 1 amide bonds. The number of ether oxygens (including phenoxy) is 1. The maximum absolute atomic E-state index is 11.9. The molecule has 0 fully saturated rings. The summed E-state index contributed by atoms with van der Waals surface area (Å²) in [4.78, 5) is 11.9. The molecule has 6 nitrogen and oxygen atoms in total. The van der Waals surface area contributed by atoms with Gasteiger partial charge in [0.25, 0.3) is 5.91 Å². The quantitative estimate of drug-likeness (QED) is 0.802. The van der Waals surface area contributed by atoms with Gasteiger partial charge < -0.3 is 10.1 Å². The molecule has 0 aliphatic heterocycles. The number of benzene rings is 1. The average molecular weight is 296 g/mol. The zero-order valence-electron chi connectivity index (χ0n) is 12.4. The van der Waals surface area contributed by atoms with Gasteiger partial charge in [-0.15, -0.1) is 5.10 Å². The van der Waals surface area contributed by atoms with Crippen molar-refractivity contribution in [3.63, 3.8) is 0 Å². The molecule has 0 saturated heterocycles. The molecule has 6 heteroatoms. The molecule has 0 atom stereocenters. The Labute approximate surface area is 127 Å². The topological polar surface area (TPSA) is 68.5 Å². The molecule has 0 saturated carbocycles. The largest absolute Gasteiger partial charge is 0.453 e. The number of carbonyl (C=O) groups is 1. The van der Waals surface area contributed by atoms with Crippen LogP contribution in [-0.2, 0) is 4.79 Å². The summed E-state index contributed by atoms with van der Waals surface area (Å²) in [5.74, 6) is -0.240. The summed E-state index contributed by atoms with van der Waals surface area (Å²) in [6, 6.07) is 11.6. The molecule has 0 aliphatic carbocycles. The number of aryl methyl sites for hydroxylation is 2. The van der Waals surface area contributed by atoms with Crippen LogP contribution in [-0.4, -0.2) is 27.1 Å². The Kier molecular flexibility index (Phi) is 3.74. The Balaban J connectivity index is 1.63. The summed E-state index contributed by atoms with van der Waals surface area (Å²) >= 11 is 0. The Hall–Kier alpha value is -2.89. The lowest BCUT2D eigenvalue weighted by Gasteiger charge is -2.08. The van der Waals surface area contributed by atoms with E-state index in [0.29, 0.717) is 11.7 Å². The zero-order chi connectivity index (χ0) is 15.5. The van der Waals surface area contributed by atoms with Crippen molar-refractivity contribution in [2.75, 3.05) is 11.9 Å². The molecule has 1 aromatic carbocycles. The minimum absolute atomic E-state index is 0.122. The van der Waals surface area contributed by atoms with Crippen LogP contribution in [0.15, 0.2) is 42.6 Å². The van der Waals surface area contributed by atoms with E-state index in [9.17, 15) is 4.79 Å². The summed E-state index contributed by atoms with van der Waals surface area (Å²) in [5, 5.41) is 10.7. The van der Waals surface area contributed by atoms with E-state index >= 15 is 0 Å². The molecule has 1 N–H and O–H groups in total. The van der Waals surface area contributed by atoms with Gasteiger partial charge in [-0.3, -0.25) is 9.20 Å². The van der Waals surface area contributed by atoms with E-state index < -0.39 is 0 Å². The van der Waals surface area contributed by atoms with Crippen molar-refractivity contribution in [3.8, 4) is 6.01 Å². The first kappa shape index (κ1) is 14.1. The number of nitrogens with one attached hydrogen (secondary N) is 1. The second-order valence-corrected chi connectivity index (χ2v) is 5.05. The third kappa shape index (κ3) is 2.90. The lowest BCUT2D eigenvalue weighted by Crippen LogP contribution is -2.20. The highest BCUT2D eigenvalue weighted by Gasteiger charge is 2.09. The monoisotopic (exact) mass is 296 g/mol. The van der Waals surface area contributed by atoms with E-state index in [2.05, 4.69) is 15.5 Å². The van der Waals surface area contributed by atoms with Crippen LogP contribution >= 0.6 is 0 Å². The Bertz CT molecular complexity index is 826. The summed E-state index contributed by atoms with van der Waals surface area (Å²) in [7, 11) is 0. The third-order valence-electron chi connectivity index (χ3n) is 3.41. The van der Waals surface area contributed by atoms with E-state index in [1.807, 2.05) is 50.2 Å². The number of carbonyl (C=O) groups excluding carboxylic acids is 1. The SMILES string of the molecule is Cc1ccc(NC(=O)COc2nnc3ccccn23)cc1C. The first-order valence-corrected chi connectivity index (χ1v) is 6.93. The molecule has 0 aliphatic rings. The van der Waals surface area contributed by atoms with Gasteiger partial charge >= 0.3 is 6.01 Å². The van der Waals surface area contributed by atoms with Crippen LogP contribution in [0.3, 0.4) is 0 Å². The van der Waals surface area contributed by atoms with Gasteiger partial charge in [-0.25, -0.2) is 0 Å². The van der Waals surface area contributed by atoms with Gasteiger partial charge in [-0.2, -0.15) is 0 Å². The smallest absolute Gasteiger partial charge is 0.322 e. The number of hydrogen-bond acceptors (Lipinski definition) is 4. The molecule has 0 radical (unpaired) electrons. The van der Waals surface area contributed by atoms with E-state index in [0.717, 1.165) is 11.3 Å². The summed E-state index contributed by atoms with van der Waals surface area (Å²) in [5.41, 5.74) is 3.74. The Morgan fingerprint density at radius 3 is 2.86 bits per heavy atom. The summed E-state index contributed by atoms with van der Waals surface area (Å²) in [6.07, 6.45) is 1.78. The highest BCUT2D eigenvalue weighted by atomic mass is 16.5. The van der Waals surface area contributed by atoms with Crippen LogP contribution < -0.4 is 10.1 Å². The number of hydrogen-bond donors (Lipinski definition) is 1. The van der Waals surface area contributed by atoms with Crippen molar-refractivity contribution in [2.45, 2.75) is 13.8 Å². The van der Waals surface area contributed by atoms with E-state index in [1.165, 1.54) is 5.56 Å². The van der Waals surface area contributed by atoms with Crippen molar-refractivity contribution in [2.24, 2.45) is 0 Å². The van der Waals surface area contributed by atoms with E-state index in [1.54, 1.807) is 10.6 Å². The number of aromatic nitrogens is 3. The molecule has 2 aromatic heterocycles. The van der Waals surface area contributed by atoms with Crippen molar-refractivity contribution >= 4 is 17.2 Å². The second-order valence-electron chi connectivity index (χ2n) is 5.05. The third-order valence-corrected chi connectivity index (χ3v) is 3.41. The first-order valence-electron chi connectivity index (χ1n) is 6.93. The zero-order valence-corrected chi connectivity index (χ0v) is 12.4. The summed E-state index contributed by atoms with van der Waals surface area (Å²) in [6.45, 7) is 3.91. The van der Waals surface area contributed by atoms with Gasteiger partial charge in [0.2, 0.25) is 0 Å². The van der Waals surface area contributed by atoms with Gasteiger partial charge in [0.1, 0.15) is 0 Å². The molecule has 22 heavy (non-hydrogen) atoms. The minimum Gasteiger partial charge on any atom is -0.453 e. The highest BCUT2D eigenvalue weighted by molar-refractivity contribution is 5.91. The van der Waals surface area contributed by atoms with Crippen LogP contribution in [0.4, 0.5) is 5.69 Å². The minimum atomic E-state index is -0.240. The van der Waals surface area contributed by atoms with E-state index in [4.69, 9.17) is 4.74 Å². The Morgan fingerprint density at radius 1 is 1.18 bits per heavy atom. The number of anilines is 1. The van der Waals surface area contributed by atoms with Crippen LogP contribution in [0.25, 0.3) is 5.65 Å². The maximum Gasteiger partial charge on any atom is 0.322 e. The van der Waals surface area contributed by atoms with Gasteiger partial charge in [0, 0.05) is 11.9 Å². The predicted molar refractivity (Wildman–Crippen MR) is 83.0 cm³/mol. The lowest BCUT2D eigenvalue weighted by atomic mass is 10.1. The fraction of sp³-hybridized carbons (Fsp3) is 0.188. The molecule has 0 unspecified atom stereocenters. The van der Waals surface area contributed by atoms with Crippen molar-refractivity contribution in [3.05, 3.63) is 53.7 Å². The number of nitrogens with zero attached hydrogens (tertiary/aromatic N) is 3. The molecule has 0 spiro atoms. The normalized spacial score (nSPS) is 10.6. The van der Waals surface area contributed by atoms with Crippen LogP contribution in [0, 0.1) is 13.8 Å². The van der Waals surface area contributed by atoms with Gasteiger partial charge in [-0.05, 0) is 49.2 Å². The van der Waals surface area contributed by atoms with Crippen LogP contribution in [0.2, 0.25) is 0 Å². The number of amides is 1. The number of rotatable bonds is 4. The molecule has 2 heterocycles. The number of pyridine rings is 1. The second kappa shape index (κ2) is 5.85. The molecule has 0 bridgehead atoms. The average Bonchev–Trinajstić information content (AvgIpc) is 2.92. The van der Waals surface area contributed by atoms with Crippen molar-refractivity contribution in [1.29, 1.82) is 0 Å². The fourth-order valence-electron chi connectivity index (χ4n) is 2.06. The van der Waals surface area contributed by atoms with Crippen molar-refractivity contribution in [1.82, 2.24) is 14.6 Å². The molecule has 3 aromatic rings. The van der Waals surface area contributed by atoms with Crippen LogP contribution in [0.5, 0.6) is 6.01 Å². The van der Waals surface area contributed by atoms with Crippen molar-refractivity contribution < 1.29 is 9.53 Å². The lowest BCUT2D eigenvalue weighted by molar-refractivity contribution is -0.118. The predicted octanol–water partition coefficient (Wildman–Crippen LogP) is 2.36. The molecular formula is C16H16N4O2. The standard InChI is InChI=1S/C16H16N4O2/c1-11-6-7-13(9-12(11)2)17-15(21)10-22-16-19-18-14-5-3-4-8-20(14)16/h3-9H,10H2,1-2H3,(H,17,21). The Morgan fingerprint density at radius 2 is 2.05 bits per heavy atom. The van der Waals surface area contributed by atoms with E-state index in [-0.39, 0.29) is 12.5 Å². The van der Waals surface area contributed by atoms with Gasteiger partial charge in [-0.1, -0.05) is 17.2 Å². The highest BCUT2D eigenvalue weighted by Crippen LogP contribution is 2.14. The molecule has 3 rings (SSSR count). The fourth-order valence-corrected chi connectivity index (χ4v) is 2.06. The summed E-state index contributed by atoms with van der Waals surface area (Å²) < 4.78 is 7.11. The number of fused-ring (bicyclic) bond motifs is 1. The molecular weight excluding hydrogens is 280 g/mol. The maximum atomic E-state index is 11.9.